The molecule has 0 N–H and O–H groups in total. The van der Waals surface area contributed by atoms with Crippen LogP contribution in [-0.2, 0) is 26.1 Å². The summed E-state index contributed by atoms with van der Waals surface area (Å²) in [4.78, 5) is 21.5. The largest absolute Gasteiger partial charge is 0.462 e. The maximum atomic E-state index is 6.69. The average molecular weight is 530 g/mol. The summed E-state index contributed by atoms with van der Waals surface area (Å²) in [6, 6.07) is 13.7. The van der Waals surface area contributed by atoms with Crippen LogP contribution in [0.4, 0.5) is 11.5 Å². The molecule has 1 fully saturated rings. The first-order valence-corrected chi connectivity index (χ1v) is 13.8. The molecular formula is C29H32ClN7O. The van der Waals surface area contributed by atoms with E-state index in [0.29, 0.717) is 25.2 Å². The summed E-state index contributed by atoms with van der Waals surface area (Å²) in [5.74, 6) is 1.00. The summed E-state index contributed by atoms with van der Waals surface area (Å²) in [6.45, 7) is 7.21. The first-order valence-electron chi connectivity index (χ1n) is 13.5. The van der Waals surface area contributed by atoms with Gasteiger partial charge in [0.25, 0.3) is 0 Å². The van der Waals surface area contributed by atoms with Crippen LogP contribution in [0.2, 0.25) is 5.02 Å². The molecule has 3 aliphatic rings. The topological polar surface area (TPSA) is 62.6 Å². The standard InChI is InChI=1S/C29H32ClN7O/c1-19-14-36-18-31-13-22(36)15-37(19)28-23-10-12-35(26-8-4-6-20-5-3-7-24(30)27(20)26)16-25(23)32-29(33-28)38-17-21-9-11-34(21)2/h3-8,13,18-19,21H,9-12,14-17H2,1-2H3. The van der Waals surface area contributed by atoms with Gasteiger partial charge in [-0.1, -0.05) is 35.9 Å². The van der Waals surface area contributed by atoms with Gasteiger partial charge >= 0.3 is 6.01 Å². The number of aromatic nitrogens is 4. The number of imidazole rings is 1. The number of ether oxygens (including phenoxy) is 1. The number of hydrogen-bond acceptors (Lipinski definition) is 7. The van der Waals surface area contributed by atoms with Gasteiger partial charge in [0.15, 0.2) is 0 Å². The Balaban J connectivity index is 1.26. The molecule has 0 aliphatic carbocycles. The quantitative estimate of drug-likeness (QED) is 0.376. The van der Waals surface area contributed by atoms with Crippen LogP contribution in [0.3, 0.4) is 0 Å². The molecule has 1 saturated heterocycles. The van der Waals surface area contributed by atoms with Gasteiger partial charge in [-0.25, -0.2) is 4.98 Å². The lowest BCUT2D eigenvalue weighted by atomic mass is 10.0. The predicted octanol–water partition coefficient (Wildman–Crippen LogP) is 4.53. The average Bonchev–Trinajstić information content (AvgIpc) is 3.38. The van der Waals surface area contributed by atoms with Crippen molar-refractivity contribution in [2.24, 2.45) is 0 Å². The third-order valence-electron chi connectivity index (χ3n) is 8.43. The summed E-state index contributed by atoms with van der Waals surface area (Å²) in [7, 11) is 2.14. The molecule has 9 heteroatoms. The minimum Gasteiger partial charge on any atom is -0.462 e. The second-order valence-corrected chi connectivity index (χ2v) is 11.2. The zero-order chi connectivity index (χ0) is 25.8. The third kappa shape index (κ3) is 4.07. The molecule has 0 bridgehead atoms. The highest BCUT2D eigenvalue weighted by Gasteiger charge is 2.32. The Kier molecular flexibility index (Phi) is 5.89. The summed E-state index contributed by atoms with van der Waals surface area (Å²) >= 11 is 6.69. The van der Waals surface area contributed by atoms with Gasteiger partial charge in [0.1, 0.15) is 12.4 Å². The van der Waals surface area contributed by atoms with Gasteiger partial charge in [-0.2, -0.15) is 9.97 Å². The molecule has 0 radical (unpaired) electrons. The van der Waals surface area contributed by atoms with Crippen molar-refractivity contribution in [3.63, 3.8) is 0 Å². The number of likely N-dealkylation sites (tertiary alicyclic amines) is 1. The lowest BCUT2D eigenvalue weighted by molar-refractivity contribution is 0.0729. The van der Waals surface area contributed by atoms with Crippen molar-refractivity contribution >= 4 is 33.9 Å². The van der Waals surface area contributed by atoms with Gasteiger partial charge in [-0.05, 0) is 50.9 Å². The minimum atomic E-state index is 0.288. The van der Waals surface area contributed by atoms with Crippen LogP contribution in [0.1, 0.15) is 30.3 Å². The molecule has 8 nitrogen and oxygen atoms in total. The molecule has 2 unspecified atom stereocenters. The van der Waals surface area contributed by atoms with Crippen LogP contribution in [0.5, 0.6) is 6.01 Å². The Labute approximate surface area is 227 Å². The van der Waals surface area contributed by atoms with Gasteiger partial charge in [-0.15, -0.1) is 0 Å². The Bertz CT molecular complexity index is 1500. The van der Waals surface area contributed by atoms with E-state index in [9.17, 15) is 0 Å². The van der Waals surface area contributed by atoms with Crippen LogP contribution >= 0.6 is 11.6 Å². The number of nitrogens with zero attached hydrogens (tertiary/aromatic N) is 7. The highest BCUT2D eigenvalue weighted by molar-refractivity contribution is 6.36. The Morgan fingerprint density at radius 1 is 1.08 bits per heavy atom. The zero-order valence-electron chi connectivity index (χ0n) is 21.8. The Morgan fingerprint density at radius 3 is 2.76 bits per heavy atom. The van der Waals surface area contributed by atoms with Crippen molar-refractivity contribution in [3.8, 4) is 6.01 Å². The molecule has 3 aliphatic heterocycles. The number of benzene rings is 2. The number of likely N-dealkylation sites (N-methyl/N-ethyl adjacent to an activating group) is 1. The van der Waals surface area contributed by atoms with Crippen LogP contribution < -0.4 is 14.5 Å². The monoisotopic (exact) mass is 529 g/mol. The van der Waals surface area contributed by atoms with E-state index in [4.69, 9.17) is 26.3 Å². The second kappa shape index (κ2) is 9.43. The molecule has 0 saturated carbocycles. The zero-order valence-corrected chi connectivity index (χ0v) is 22.6. The molecular weight excluding hydrogens is 498 g/mol. The summed E-state index contributed by atoms with van der Waals surface area (Å²) in [6.07, 6.45) is 5.90. The van der Waals surface area contributed by atoms with Crippen molar-refractivity contribution in [1.82, 2.24) is 24.4 Å². The number of anilines is 2. The SMILES string of the molecule is CC1Cn2cncc2CN1c1nc(OCC2CCN2C)nc2c1CCN(c1cccc3cccc(Cl)c13)C2. The van der Waals surface area contributed by atoms with E-state index in [1.54, 1.807) is 0 Å². The van der Waals surface area contributed by atoms with Crippen molar-refractivity contribution in [2.45, 2.75) is 51.5 Å². The van der Waals surface area contributed by atoms with Crippen molar-refractivity contribution in [2.75, 3.05) is 36.5 Å². The smallest absolute Gasteiger partial charge is 0.318 e. The van der Waals surface area contributed by atoms with Crippen LogP contribution in [-0.4, -0.2) is 63.2 Å². The number of halogens is 1. The van der Waals surface area contributed by atoms with E-state index < -0.39 is 0 Å². The summed E-state index contributed by atoms with van der Waals surface area (Å²) < 4.78 is 8.49. The van der Waals surface area contributed by atoms with Gasteiger partial charge < -0.3 is 19.1 Å². The second-order valence-electron chi connectivity index (χ2n) is 10.8. The third-order valence-corrected chi connectivity index (χ3v) is 8.75. The fourth-order valence-electron chi connectivity index (χ4n) is 6.03. The maximum Gasteiger partial charge on any atom is 0.318 e. The highest BCUT2D eigenvalue weighted by Crippen LogP contribution is 2.38. The normalized spacial score (nSPS) is 21.2. The van der Waals surface area contributed by atoms with E-state index in [2.05, 4.69) is 62.5 Å². The van der Waals surface area contributed by atoms with Crippen LogP contribution in [0.15, 0.2) is 48.9 Å². The van der Waals surface area contributed by atoms with Crippen LogP contribution in [0.25, 0.3) is 10.8 Å². The predicted molar refractivity (Wildman–Crippen MR) is 150 cm³/mol. The van der Waals surface area contributed by atoms with Crippen molar-refractivity contribution in [1.29, 1.82) is 0 Å². The van der Waals surface area contributed by atoms with Gasteiger partial charge in [0.2, 0.25) is 0 Å². The van der Waals surface area contributed by atoms with Gasteiger partial charge in [0, 0.05) is 48.0 Å². The highest BCUT2D eigenvalue weighted by atomic mass is 35.5. The molecule has 4 aromatic rings. The molecule has 7 rings (SSSR count). The molecule has 2 aromatic carbocycles. The van der Waals surface area contributed by atoms with E-state index >= 15 is 0 Å². The first kappa shape index (κ1) is 23.7. The molecule has 5 heterocycles. The van der Waals surface area contributed by atoms with E-state index in [1.807, 2.05) is 24.7 Å². The number of hydrogen-bond donors (Lipinski definition) is 0. The van der Waals surface area contributed by atoms with E-state index in [0.717, 1.165) is 72.0 Å². The fourth-order valence-corrected chi connectivity index (χ4v) is 6.31. The molecule has 0 spiro atoms. The van der Waals surface area contributed by atoms with E-state index in [1.165, 1.54) is 11.3 Å². The van der Waals surface area contributed by atoms with Crippen molar-refractivity contribution < 1.29 is 4.74 Å². The lowest BCUT2D eigenvalue weighted by Gasteiger charge is -2.39. The molecule has 196 valence electrons. The molecule has 2 atom stereocenters. The van der Waals surface area contributed by atoms with Gasteiger partial charge in [-0.3, -0.25) is 4.90 Å². The fraction of sp³-hybridized carbons (Fsp3) is 0.414. The Morgan fingerprint density at radius 2 is 1.95 bits per heavy atom. The van der Waals surface area contributed by atoms with E-state index in [-0.39, 0.29) is 6.04 Å². The summed E-state index contributed by atoms with van der Waals surface area (Å²) in [5, 5.41) is 3.02. The molecule has 0 amide bonds. The van der Waals surface area contributed by atoms with Crippen molar-refractivity contribution in [3.05, 3.63) is 70.9 Å². The Hall–Kier alpha value is -3.36. The lowest BCUT2D eigenvalue weighted by Crippen LogP contribution is -2.48. The number of fused-ring (bicyclic) bond motifs is 3. The summed E-state index contributed by atoms with van der Waals surface area (Å²) in [5.41, 5.74) is 4.61. The first-order chi connectivity index (χ1) is 18.5. The maximum absolute atomic E-state index is 6.69. The molecule has 38 heavy (non-hydrogen) atoms. The van der Waals surface area contributed by atoms with Gasteiger partial charge in [0.05, 0.1) is 35.8 Å². The molecule has 2 aromatic heterocycles. The minimum absolute atomic E-state index is 0.288. The number of rotatable bonds is 5. The van der Waals surface area contributed by atoms with Crippen LogP contribution in [0, 0.1) is 0 Å².